The smallest absolute Gasteiger partial charge is 0.137 e. The highest BCUT2D eigenvalue weighted by Crippen LogP contribution is 2.18. The Labute approximate surface area is 110 Å². The summed E-state index contributed by atoms with van der Waals surface area (Å²) in [5.41, 5.74) is 1.37. The number of quaternary nitrogens is 2. The molecular formula is C15H26N2O+2. The van der Waals surface area contributed by atoms with Crippen LogP contribution in [-0.2, 0) is 0 Å². The van der Waals surface area contributed by atoms with Gasteiger partial charge in [0.15, 0.2) is 0 Å². The highest BCUT2D eigenvalue weighted by atomic mass is 16.5. The fourth-order valence-electron chi connectivity index (χ4n) is 2.39. The van der Waals surface area contributed by atoms with E-state index in [4.69, 9.17) is 4.74 Å². The molecule has 0 unspecified atom stereocenters. The van der Waals surface area contributed by atoms with Gasteiger partial charge in [-0.2, -0.15) is 0 Å². The molecule has 0 radical (unpaired) electrons. The van der Waals surface area contributed by atoms with Gasteiger partial charge >= 0.3 is 0 Å². The third-order valence-electron chi connectivity index (χ3n) is 3.68. The first-order valence-corrected chi connectivity index (χ1v) is 7.13. The van der Waals surface area contributed by atoms with Gasteiger partial charge in [0.2, 0.25) is 0 Å². The standard InChI is InChI=1S/C15H24N2O/c1-13(2)14-3-5-15(6-4-14)18-12-11-17-9-7-16-8-10-17/h3-6,13,16H,7-12H2,1-2H3/p+2. The quantitative estimate of drug-likeness (QED) is 0.735. The van der Waals surface area contributed by atoms with E-state index in [1.54, 1.807) is 4.90 Å². The van der Waals surface area contributed by atoms with Gasteiger partial charge in [0.25, 0.3) is 0 Å². The Morgan fingerprint density at radius 1 is 1.17 bits per heavy atom. The fourth-order valence-corrected chi connectivity index (χ4v) is 2.39. The maximum Gasteiger partial charge on any atom is 0.137 e. The summed E-state index contributed by atoms with van der Waals surface area (Å²) in [6, 6.07) is 8.52. The fraction of sp³-hybridized carbons (Fsp3) is 0.600. The van der Waals surface area contributed by atoms with Crippen molar-refractivity contribution in [3.8, 4) is 5.75 Å². The molecule has 0 atom stereocenters. The number of rotatable bonds is 5. The Bertz CT molecular complexity index is 342. The van der Waals surface area contributed by atoms with Crippen molar-refractivity contribution in [2.24, 2.45) is 0 Å². The summed E-state index contributed by atoms with van der Waals surface area (Å²) in [5, 5.41) is 2.40. The summed E-state index contributed by atoms with van der Waals surface area (Å²) in [5.74, 6) is 1.59. The molecule has 1 saturated heterocycles. The Morgan fingerprint density at radius 2 is 1.83 bits per heavy atom. The van der Waals surface area contributed by atoms with Gasteiger partial charge in [-0.25, -0.2) is 0 Å². The summed E-state index contributed by atoms with van der Waals surface area (Å²) in [6.07, 6.45) is 0. The van der Waals surface area contributed by atoms with Crippen molar-refractivity contribution in [3.05, 3.63) is 29.8 Å². The zero-order valence-electron chi connectivity index (χ0n) is 11.6. The first-order chi connectivity index (χ1) is 8.75. The van der Waals surface area contributed by atoms with Gasteiger partial charge in [0, 0.05) is 0 Å². The van der Waals surface area contributed by atoms with E-state index in [0.29, 0.717) is 5.92 Å². The van der Waals surface area contributed by atoms with Crippen molar-refractivity contribution in [2.45, 2.75) is 19.8 Å². The van der Waals surface area contributed by atoms with Crippen LogP contribution in [0.3, 0.4) is 0 Å². The second kappa shape index (κ2) is 6.76. The van der Waals surface area contributed by atoms with E-state index in [0.717, 1.165) is 18.9 Å². The second-order valence-electron chi connectivity index (χ2n) is 5.44. The first-order valence-electron chi connectivity index (χ1n) is 7.13. The third-order valence-corrected chi connectivity index (χ3v) is 3.68. The lowest BCUT2D eigenvalue weighted by molar-refractivity contribution is -0.946. The lowest BCUT2D eigenvalue weighted by Crippen LogP contribution is -3.20. The highest BCUT2D eigenvalue weighted by molar-refractivity contribution is 5.28. The van der Waals surface area contributed by atoms with Crippen molar-refractivity contribution in [1.29, 1.82) is 0 Å². The molecule has 0 saturated carbocycles. The Balaban J connectivity index is 1.72. The zero-order valence-corrected chi connectivity index (χ0v) is 11.6. The van der Waals surface area contributed by atoms with Crippen LogP contribution >= 0.6 is 0 Å². The zero-order chi connectivity index (χ0) is 12.8. The minimum atomic E-state index is 0.591. The van der Waals surface area contributed by atoms with E-state index in [-0.39, 0.29) is 0 Å². The van der Waals surface area contributed by atoms with Gasteiger partial charge in [0.1, 0.15) is 45.1 Å². The topological polar surface area (TPSA) is 30.3 Å². The maximum atomic E-state index is 5.81. The van der Waals surface area contributed by atoms with Crippen LogP contribution in [-0.4, -0.2) is 39.3 Å². The first kappa shape index (κ1) is 13.4. The summed E-state index contributed by atoms with van der Waals surface area (Å²) in [4.78, 5) is 1.68. The second-order valence-corrected chi connectivity index (χ2v) is 5.44. The molecule has 18 heavy (non-hydrogen) atoms. The van der Waals surface area contributed by atoms with Crippen LogP contribution in [0.4, 0.5) is 0 Å². The van der Waals surface area contributed by atoms with E-state index < -0.39 is 0 Å². The average molecular weight is 250 g/mol. The molecule has 3 heteroatoms. The molecule has 3 N–H and O–H groups in total. The Kier molecular flexibility index (Phi) is 5.02. The van der Waals surface area contributed by atoms with Crippen molar-refractivity contribution >= 4 is 0 Å². The van der Waals surface area contributed by atoms with Crippen LogP contribution in [0.15, 0.2) is 24.3 Å². The van der Waals surface area contributed by atoms with Gasteiger partial charge in [-0.15, -0.1) is 0 Å². The van der Waals surface area contributed by atoms with Crippen LogP contribution in [0.2, 0.25) is 0 Å². The molecule has 1 heterocycles. The number of nitrogens with one attached hydrogen (secondary N) is 1. The number of ether oxygens (including phenoxy) is 1. The summed E-state index contributed by atoms with van der Waals surface area (Å²) >= 11 is 0. The van der Waals surface area contributed by atoms with E-state index in [1.807, 2.05) is 0 Å². The lowest BCUT2D eigenvalue weighted by Gasteiger charge is -2.22. The van der Waals surface area contributed by atoms with Crippen molar-refractivity contribution < 1.29 is 15.0 Å². The van der Waals surface area contributed by atoms with Crippen LogP contribution in [0.25, 0.3) is 0 Å². The number of benzene rings is 1. The Hall–Kier alpha value is -1.06. The largest absolute Gasteiger partial charge is 0.488 e. The molecule has 0 spiro atoms. The maximum absolute atomic E-state index is 5.81. The van der Waals surface area contributed by atoms with Gasteiger partial charge in [0.05, 0.1) is 0 Å². The minimum absolute atomic E-state index is 0.591. The molecule has 1 aliphatic heterocycles. The van der Waals surface area contributed by atoms with E-state index in [1.165, 1.54) is 31.7 Å². The van der Waals surface area contributed by atoms with Crippen LogP contribution < -0.4 is 15.0 Å². The van der Waals surface area contributed by atoms with E-state index in [9.17, 15) is 0 Å². The summed E-state index contributed by atoms with van der Waals surface area (Å²) < 4.78 is 5.81. The lowest BCUT2D eigenvalue weighted by atomic mass is 10.0. The average Bonchev–Trinajstić information content (AvgIpc) is 2.40. The van der Waals surface area contributed by atoms with Crippen molar-refractivity contribution in [2.75, 3.05) is 39.3 Å². The molecule has 1 aromatic rings. The molecule has 0 amide bonds. The van der Waals surface area contributed by atoms with Crippen molar-refractivity contribution in [1.82, 2.24) is 0 Å². The van der Waals surface area contributed by atoms with Crippen molar-refractivity contribution in [3.63, 3.8) is 0 Å². The summed E-state index contributed by atoms with van der Waals surface area (Å²) in [7, 11) is 0. The van der Waals surface area contributed by atoms with Gasteiger partial charge in [-0.05, 0) is 23.6 Å². The van der Waals surface area contributed by atoms with E-state index in [2.05, 4.69) is 43.4 Å². The van der Waals surface area contributed by atoms with Gasteiger partial charge in [-0.1, -0.05) is 26.0 Å². The minimum Gasteiger partial charge on any atom is -0.488 e. The van der Waals surface area contributed by atoms with E-state index >= 15 is 0 Å². The number of hydrogen-bond donors (Lipinski definition) is 2. The number of piperazine rings is 1. The molecule has 2 rings (SSSR count). The molecule has 0 bridgehead atoms. The molecule has 0 aliphatic carbocycles. The van der Waals surface area contributed by atoms with Gasteiger partial charge in [-0.3, -0.25) is 0 Å². The molecule has 1 fully saturated rings. The van der Waals surface area contributed by atoms with Crippen LogP contribution in [0.1, 0.15) is 25.3 Å². The normalized spacial score (nSPS) is 17.1. The molecule has 1 aliphatic rings. The monoisotopic (exact) mass is 250 g/mol. The van der Waals surface area contributed by atoms with Crippen LogP contribution in [0, 0.1) is 0 Å². The molecule has 100 valence electrons. The predicted octanol–water partition coefficient (Wildman–Crippen LogP) is -0.349. The SMILES string of the molecule is CC(C)c1ccc(OCC[NH+]2CC[NH2+]CC2)cc1. The molecule has 1 aromatic carbocycles. The summed E-state index contributed by atoms with van der Waals surface area (Å²) in [6.45, 7) is 11.5. The Morgan fingerprint density at radius 3 is 2.44 bits per heavy atom. The van der Waals surface area contributed by atoms with Crippen LogP contribution in [0.5, 0.6) is 5.75 Å². The number of hydrogen-bond acceptors (Lipinski definition) is 1. The van der Waals surface area contributed by atoms with Gasteiger partial charge < -0.3 is 15.0 Å². The third kappa shape index (κ3) is 4.00. The highest BCUT2D eigenvalue weighted by Gasteiger charge is 2.14. The number of nitrogens with two attached hydrogens (primary N) is 1. The molecular weight excluding hydrogens is 224 g/mol. The molecule has 0 aromatic heterocycles. The predicted molar refractivity (Wildman–Crippen MR) is 73.2 cm³/mol. The molecule has 3 nitrogen and oxygen atoms in total.